The van der Waals surface area contributed by atoms with Crippen LogP contribution < -0.4 is 10.1 Å². The quantitative estimate of drug-likeness (QED) is 0.782. The summed E-state index contributed by atoms with van der Waals surface area (Å²) >= 11 is 2.23. The lowest BCUT2D eigenvalue weighted by Gasteiger charge is -2.07. The van der Waals surface area contributed by atoms with Crippen molar-refractivity contribution in [3.05, 3.63) is 63.7 Å². The van der Waals surface area contributed by atoms with Gasteiger partial charge < -0.3 is 10.1 Å². The van der Waals surface area contributed by atoms with Gasteiger partial charge in [-0.05, 0) is 58.8 Å². The minimum absolute atomic E-state index is 0.0510. The zero-order valence-electron chi connectivity index (χ0n) is 11.0. The summed E-state index contributed by atoms with van der Waals surface area (Å²) in [5.41, 5.74) is 1.21. The minimum atomic E-state index is -0.0977. The Bertz CT molecular complexity index is 540. The molecule has 1 amide bonds. The molecule has 20 heavy (non-hydrogen) atoms. The zero-order valence-corrected chi connectivity index (χ0v) is 13.2. The van der Waals surface area contributed by atoms with Crippen LogP contribution in [0.1, 0.15) is 5.56 Å². The van der Waals surface area contributed by atoms with Crippen molar-refractivity contribution in [2.24, 2.45) is 0 Å². The molecule has 0 atom stereocenters. The molecule has 0 aliphatic carbocycles. The number of benzene rings is 2. The molecular formula is C16H16INO2. The summed E-state index contributed by atoms with van der Waals surface area (Å²) in [5, 5.41) is 2.85. The van der Waals surface area contributed by atoms with Gasteiger partial charge in [-0.1, -0.05) is 30.3 Å². The fourth-order valence-electron chi connectivity index (χ4n) is 1.72. The van der Waals surface area contributed by atoms with E-state index in [-0.39, 0.29) is 12.5 Å². The van der Waals surface area contributed by atoms with Gasteiger partial charge in [0.15, 0.2) is 6.61 Å². The van der Waals surface area contributed by atoms with Gasteiger partial charge in [0.25, 0.3) is 5.91 Å². The summed E-state index contributed by atoms with van der Waals surface area (Å²) < 4.78 is 6.55. The normalized spacial score (nSPS) is 10.1. The van der Waals surface area contributed by atoms with Crippen molar-refractivity contribution < 1.29 is 9.53 Å². The van der Waals surface area contributed by atoms with E-state index in [0.717, 1.165) is 9.99 Å². The molecule has 104 valence electrons. The first kappa shape index (κ1) is 14.8. The molecule has 0 heterocycles. The standard InChI is InChI=1S/C16H16INO2/c17-14-6-8-15(9-7-14)20-12-16(19)18-11-10-13-4-2-1-3-5-13/h1-9H,10-12H2,(H,18,19). The van der Waals surface area contributed by atoms with Gasteiger partial charge in [0.2, 0.25) is 0 Å². The third kappa shape index (κ3) is 5.21. The first-order valence-corrected chi connectivity index (χ1v) is 7.51. The van der Waals surface area contributed by atoms with E-state index in [4.69, 9.17) is 4.74 Å². The van der Waals surface area contributed by atoms with Gasteiger partial charge in [0.05, 0.1) is 0 Å². The molecule has 2 rings (SSSR count). The molecule has 4 heteroatoms. The lowest BCUT2D eigenvalue weighted by molar-refractivity contribution is -0.123. The lowest BCUT2D eigenvalue weighted by Crippen LogP contribution is -2.30. The topological polar surface area (TPSA) is 38.3 Å². The highest BCUT2D eigenvalue weighted by Gasteiger charge is 2.02. The highest BCUT2D eigenvalue weighted by Crippen LogP contribution is 2.13. The van der Waals surface area contributed by atoms with E-state index in [2.05, 4.69) is 27.9 Å². The van der Waals surface area contributed by atoms with Crippen LogP contribution >= 0.6 is 22.6 Å². The Labute approximate surface area is 132 Å². The highest BCUT2D eigenvalue weighted by atomic mass is 127. The van der Waals surface area contributed by atoms with Crippen LogP contribution in [0.3, 0.4) is 0 Å². The van der Waals surface area contributed by atoms with Crippen molar-refractivity contribution >= 4 is 28.5 Å². The average Bonchev–Trinajstić information content (AvgIpc) is 2.48. The molecule has 0 saturated carbocycles. The van der Waals surface area contributed by atoms with Crippen molar-refractivity contribution in [2.75, 3.05) is 13.2 Å². The second-order valence-corrected chi connectivity index (χ2v) is 5.57. The second kappa shape index (κ2) is 7.89. The molecule has 0 bridgehead atoms. The first-order chi connectivity index (χ1) is 9.74. The molecule has 0 fully saturated rings. The Hall–Kier alpha value is -1.56. The van der Waals surface area contributed by atoms with Crippen LogP contribution in [-0.2, 0) is 11.2 Å². The van der Waals surface area contributed by atoms with Crippen molar-refractivity contribution in [1.82, 2.24) is 5.32 Å². The maximum atomic E-state index is 11.6. The van der Waals surface area contributed by atoms with Crippen LogP contribution in [0.15, 0.2) is 54.6 Å². The molecule has 1 N–H and O–H groups in total. The molecule has 3 nitrogen and oxygen atoms in total. The van der Waals surface area contributed by atoms with Gasteiger partial charge in [-0.25, -0.2) is 0 Å². The van der Waals surface area contributed by atoms with E-state index in [0.29, 0.717) is 12.3 Å². The van der Waals surface area contributed by atoms with Crippen LogP contribution in [0.4, 0.5) is 0 Å². The van der Waals surface area contributed by atoms with Gasteiger partial charge in [-0.2, -0.15) is 0 Å². The predicted molar refractivity (Wildman–Crippen MR) is 87.8 cm³/mol. The summed E-state index contributed by atoms with van der Waals surface area (Å²) in [6.07, 6.45) is 0.829. The fraction of sp³-hybridized carbons (Fsp3) is 0.188. The molecule has 2 aromatic rings. The highest BCUT2D eigenvalue weighted by molar-refractivity contribution is 14.1. The molecule has 0 aliphatic rings. The van der Waals surface area contributed by atoms with Gasteiger partial charge >= 0.3 is 0 Å². The van der Waals surface area contributed by atoms with Gasteiger partial charge in [0, 0.05) is 10.1 Å². The van der Waals surface area contributed by atoms with E-state index in [1.54, 1.807) is 0 Å². The van der Waals surface area contributed by atoms with E-state index in [9.17, 15) is 4.79 Å². The summed E-state index contributed by atoms with van der Waals surface area (Å²) in [5.74, 6) is 0.614. The van der Waals surface area contributed by atoms with E-state index in [1.165, 1.54) is 5.56 Å². The fourth-order valence-corrected chi connectivity index (χ4v) is 2.08. The molecule has 0 radical (unpaired) electrons. The monoisotopic (exact) mass is 381 g/mol. The number of rotatable bonds is 6. The van der Waals surface area contributed by atoms with Gasteiger partial charge in [-0.3, -0.25) is 4.79 Å². The Morgan fingerprint density at radius 1 is 1.05 bits per heavy atom. The van der Waals surface area contributed by atoms with E-state index < -0.39 is 0 Å². The van der Waals surface area contributed by atoms with Crippen molar-refractivity contribution in [3.8, 4) is 5.75 Å². The molecule has 0 unspecified atom stereocenters. The maximum Gasteiger partial charge on any atom is 0.257 e. The zero-order chi connectivity index (χ0) is 14.2. The summed E-state index contributed by atoms with van der Waals surface area (Å²) in [4.78, 5) is 11.6. The second-order valence-electron chi connectivity index (χ2n) is 4.33. The Kier molecular flexibility index (Phi) is 5.86. The van der Waals surface area contributed by atoms with Crippen LogP contribution in [0.2, 0.25) is 0 Å². The third-order valence-electron chi connectivity index (χ3n) is 2.76. The predicted octanol–water partition coefficient (Wildman–Crippen LogP) is 3.03. The van der Waals surface area contributed by atoms with Crippen LogP contribution in [0, 0.1) is 3.57 Å². The van der Waals surface area contributed by atoms with Crippen molar-refractivity contribution in [3.63, 3.8) is 0 Å². The van der Waals surface area contributed by atoms with Crippen LogP contribution in [-0.4, -0.2) is 19.1 Å². The molecule has 0 aromatic heterocycles. The van der Waals surface area contributed by atoms with Crippen molar-refractivity contribution in [1.29, 1.82) is 0 Å². The molecule has 0 saturated heterocycles. The number of hydrogen-bond donors (Lipinski definition) is 1. The van der Waals surface area contributed by atoms with E-state index >= 15 is 0 Å². The third-order valence-corrected chi connectivity index (χ3v) is 3.48. The van der Waals surface area contributed by atoms with Gasteiger partial charge in [-0.15, -0.1) is 0 Å². The molecule has 2 aromatic carbocycles. The number of hydrogen-bond acceptors (Lipinski definition) is 2. The van der Waals surface area contributed by atoms with E-state index in [1.807, 2.05) is 54.6 Å². The number of carbonyl (C=O) groups is 1. The number of amides is 1. The Morgan fingerprint density at radius 3 is 2.45 bits per heavy atom. The minimum Gasteiger partial charge on any atom is -0.484 e. The van der Waals surface area contributed by atoms with Gasteiger partial charge in [0.1, 0.15) is 5.75 Å². The SMILES string of the molecule is O=C(COc1ccc(I)cc1)NCCc1ccccc1. The Balaban J connectivity index is 1.67. The summed E-state index contributed by atoms with van der Waals surface area (Å²) in [7, 11) is 0. The van der Waals surface area contributed by atoms with Crippen LogP contribution in [0.5, 0.6) is 5.75 Å². The number of carbonyl (C=O) groups excluding carboxylic acids is 1. The summed E-state index contributed by atoms with van der Waals surface area (Å²) in [6, 6.07) is 17.7. The molecule has 0 spiro atoms. The lowest BCUT2D eigenvalue weighted by atomic mass is 10.1. The number of nitrogens with one attached hydrogen (secondary N) is 1. The number of ether oxygens (including phenoxy) is 1. The summed E-state index contributed by atoms with van der Waals surface area (Å²) in [6.45, 7) is 0.675. The first-order valence-electron chi connectivity index (χ1n) is 6.43. The number of halogens is 1. The largest absolute Gasteiger partial charge is 0.484 e. The smallest absolute Gasteiger partial charge is 0.257 e. The van der Waals surface area contributed by atoms with Crippen LogP contribution in [0.25, 0.3) is 0 Å². The average molecular weight is 381 g/mol. The Morgan fingerprint density at radius 2 is 1.75 bits per heavy atom. The van der Waals surface area contributed by atoms with Crippen molar-refractivity contribution in [2.45, 2.75) is 6.42 Å². The maximum absolute atomic E-state index is 11.6. The molecular weight excluding hydrogens is 365 g/mol. The molecule has 0 aliphatic heterocycles.